The maximum atomic E-state index is 5.36. The lowest BCUT2D eigenvalue weighted by molar-refractivity contribution is 0.327. The number of hydrogen-bond acceptors (Lipinski definition) is 4. The lowest BCUT2D eigenvalue weighted by Crippen LogP contribution is -2.02. The zero-order valence-electron chi connectivity index (χ0n) is 10.1. The van der Waals surface area contributed by atoms with E-state index in [2.05, 4.69) is 28.0 Å². The average molecular weight is 248 g/mol. The monoisotopic (exact) mass is 248 g/mol. The molecule has 0 bridgehead atoms. The smallest absolute Gasteiger partial charge is 0.215 e. The first kappa shape index (κ1) is 11.9. The van der Waals surface area contributed by atoms with Crippen molar-refractivity contribution in [2.75, 3.05) is 11.9 Å². The molecule has 2 aromatic rings. The maximum Gasteiger partial charge on any atom is 0.215 e. The second kappa shape index (κ2) is 5.68. The van der Waals surface area contributed by atoms with Crippen molar-refractivity contribution < 1.29 is 4.74 Å². The molecular formula is C13H16N2OS. The summed E-state index contributed by atoms with van der Waals surface area (Å²) in [5, 5.41) is 7.62. The number of pyridine rings is 1. The van der Waals surface area contributed by atoms with E-state index in [1.54, 1.807) is 11.3 Å². The summed E-state index contributed by atoms with van der Waals surface area (Å²) in [5.41, 5.74) is 2.64. The molecule has 0 aliphatic carbocycles. The third kappa shape index (κ3) is 3.20. The van der Waals surface area contributed by atoms with Crippen molar-refractivity contribution >= 4 is 17.2 Å². The Morgan fingerprint density at radius 2 is 2.24 bits per heavy atom. The number of rotatable bonds is 5. The second-order valence-corrected chi connectivity index (χ2v) is 4.47. The predicted molar refractivity (Wildman–Crippen MR) is 71.8 cm³/mol. The molecule has 4 heteroatoms. The Morgan fingerprint density at radius 3 is 2.94 bits per heavy atom. The standard InChI is InChI=1S/C13H16N2OS/c1-3-16-13-6-4-5-12(15-13)14-7-11-9-17-8-10(11)2/h4-6,8-9H,3,7H2,1-2H3,(H,14,15). The highest BCUT2D eigenvalue weighted by Crippen LogP contribution is 2.16. The van der Waals surface area contributed by atoms with Crippen LogP contribution in [0.25, 0.3) is 0 Å². The number of thiophene rings is 1. The van der Waals surface area contributed by atoms with E-state index in [9.17, 15) is 0 Å². The van der Waals surface area contributed by atoms with E-state index in [0.29, 0.717) is 12.5 Å². The van der Waals surface area contributed by atoms with Gasteiger partial charge in [-0.3, -0.25) is 0 Å². The summed E-state index contributed by atoms with van der Waals surface area (Å²) in [4.78, 5) is 4.36. The highest BCUT2D eigenvalue weighted by Gasteiger charge is 2.01. The van der Waals surface area contributed by atoms with Crippen molar-refractivity contribution in [3.63, 3.8) is 0 Å². The molecule has 0 aliphatic rings. The molecule has 0 radical (unpaired) electrons. The van der Waals surface area contributed by atoms with Crippen LogP contribution in [-0.2, 0) is 6.54 Å². The van der Waals surface area contributed by atoms with Crippen LogP contribution in [-0.4, -0.2) is 11.6 Å². The molecule has 0 amide bonds. The van der Waals surface area contributed by atoms with Crippen molar-refractivity contribution in [3.05, 3.63) is 40.1 Å². The lowest BCUT2D eigenvalue weighted by Gasteiger charge is -2.07. The first-order chi connectivity index (χ1) is 8.29. The minimum absolute atomic E-state index is 0.639. The molecule has 0 atom stereocenters. The van der Waals surface area contributed by atoms with E-state index in [0.717, 1.165) is 12.4 Å². The van der Waals surface area contributed by atoms with E-state index in [4.69, 9.17) is 4.74 Å². The summed E-state index contributed by atoms with van der Waals surface area (Å²) in [6.45, 7) is 5.52. The van der Waals surface area contributed by atoms with Gasteiger partial charge in [0, 0.05) is 12.6 Å². The Labute approximate surface area is 105 Å². The Kier molecular flexibility index (Phi) is 3.98. The van der Waals surface area contributed by atoms with Crippen LogP contribution in [0.15, 0.2) is 29.0 Å². The summed E-state index contributed by atoms with van der Waals surface area (Å²) in [6.07, 6.45) is 0. The van der Waals surface area contributed by atoms with E-state index in [-0.39, 0.29) is 0 Å². The molecule has 2 heterocycles. The van der Waals surface area contributed by atoms with E-state index < -0.39 is 0 Å². The van der Waals surface area contributed by atoms with Crippen LogP contribution in [0.4, 0.5) is 5.82 Å². The molecule has 0 aromatic carbocycles. The van der Waals surface area contributed by atoms with Gasteiger partial charge in [0.25, 0.3) is 0 Å². The van der Waals surface area contributed by atoms with Gasteiger partial charge < -0.3 is 10.1 Å². The molecule has 0 fully saturated rings. The maximum absolute atomic E-state index is 5.36. The largest absolute Gasteiger partial charge is 0.478 e. The highest BCUT2D eigenvalue weighted by molar-refractivity contribution is 7.08. The Morgan fingerprint density at radius 1 is 1.35 bits per heavy atom. The van der Waals surface area contributed by atoms with Crippen molar-refractivity contribution in [1.29, 1.82) is 0 Å². The van der Waals surface area contributed by atoms with Crippen LogP contribution in [0.3, 0.4) is 0 Å². The fourth-order valence-electron chi connectivity index (χ4n) is 1.50. The van der Waals surface area contributed by atoms with Crippen molar-refractivity contribution in [2.45, 2.75) is 20.4 Å². The van der Waals surface area contributed by atoms with Gasteiger partial charge in [0.2, 0.25) is 5.88 Å². The van der Waals surface area contributed by atoms with Crippen molar-refractivity contribution in [1.82, 2.24) is 4.98 Å². The number of hydrogen-bond donors (Lipinski definition) is 1. The number of anilines is 1. The van der Waals surface area contributed by atoms with E-state index >= 15 is 0 Å². The average Bonchev–Trinajstić information content (AvgIpc) is 2.73. The fraction of sp³-hybridized carbons (Fsp3) is 0.308. The number of ether oxygens (including phenoxy) is 1. The normalized spacial score (nSPS) is 10.2. The van der Waals surface area contributed by atoms with Crippen molar-refractivity contribution in [2.24, 2.45) is 0 Å². The molecule has 17 heavy (non-hydrogen) atoms. The molecule has 0 unspecified atom stereocenters. The first-order valence-corrected chi connectivity index (χ1v) is 6.59. The minimum atomic E-state index is 0.639. The molecule has 2 rings (SSSR count). The van der Waals surface area contributed by atoms with Crippen LogP contribution < -0.4 is 10.1 Å². The first-order valence-electron chi connectivity index (χ1n) is 5.65. The van der Waals surface area contributed by atoms with Crippen LogP contribution in [0.2, 0.25) is 0 Å². The molecule has 1 N–H and O–H groups in total. The quantitative estimate of drug-likeness (QED) is 0.879. The van der Waals surface area contributed by atoms with Crippen LogP contribution in [0.1, 0.15) is 18.1 Å². The summed E-state index contributed by atoms with van der Waals surface area (Å²) in [7, 11) is 0. The van der Waals surface area contributed by atoms with Gasteiger partial charge in [-0.2, -0.15) is 16.3 Å². The van der Waals surface area contributed by atoms with Gasteiger partial charge in [0.15, 0.2) is 0 Å². The van der Waals surface area contributed by atoms with Gasteiger partial charge in [0.1, 0.15) is 5.82 Å². The van der Waals surface area contributed by atoms with Gasteiger partial charge in [0.05, 0.1) is 6.61 Å². The van der Waals surface area contributed by atoms with Gasteiger partial charge >= 0.3 is 0 Å². The molecule has 0 saturated heterocycles. The molecule has 2 aromatic heterocycles. The predicted octanol–water partition coefficient (Wildman–Crippen LogP) is 3.46. The SMILES string of the molecule is CCOc1cccc(NCc2cscc2C)n1. The number of aryl methyl sites for hydroxylation is 1. The van der Waals surface area contributed by atoms with E-state index in [1.165, 1.54) is 11.1 Å². The lowest BCUT2D eigenvalue weighted by atomic mass is 10.2. The molecule has 3 nitrogen and oxygen atoms in total. The molecule has 0 spiro atoms. The molecule has 0 saturated carbocycles. The fourth-order valence-corrected chi connectivity index (χ4v) is 2.35. The molecule has 90 valence electrons. The van der Waals surface area contributed by atoms with Crippen molar-refractivity contribution in [3.8, 4) is 5.88 Å². The zero-order chi connectivity index (χ0) is 12.1. The summed E-state index contributed by atoms with van der Waals surface area (Å²) in [6, 6.07) is 5.76. The second-order valence-electron chi connectivity index (χ2n) is 3.73. The number of nitrogens with one attached hydrogen (secondary N) is 1. The topological polar surface area (TPSA) is 34.1 Å². The summed E-state index contributed by atoms with van der Waals surface area (Å²) in [5.74, 6) is 1.51. The Hall–Kier alpha value is -1.55. The van der Waals surface area contributed by atoms with Gasteiger partial charge in [-0.1, -0.05) is 6.07 Å². The highest BCUT2D eigenvalue weighted by atomic mass is 32.1. The molecule has 0 aliphatic heterocycles. The third-order valence-electron chi connectivity index (χ3n) is 2.44. The van der Waals surface area contributed by atoms with E-state index in [1.807, 2.05) is 25.1 Å². The van der Waals surface area contributed by atoms with Crippen LogP contribution in [0, 0.1) is 6.92 Å². The van der Waals surface area contributed by atoms with Crippen LogP contribution >= 0.6 is 11.3 Å². The van der Waals surface area contributed by atoms with Crippen LogP contribution in [0.5, 0.6) is 5.88 Å². The third-order valence-corrected chi connectivity index (χ3v) is 3.35. The summed E-state index contributed by atoms with van der Waals surface area (Å²) < 4.78 is 5.36. The van der Waals surface area contributed by atoms with Gasteiger partial charge in [-0.15, -0.1) is 0 Å². The number of nitrogens with zero attached hydrogens (tertiary/aromatic N) is 1. The Balaban J connectivity index is 1.99. The summed E-state index contributed by atoms with van der Waals surface area (Å²) >= 11 is 1.73. The molecular weight excluding hydrogens is 232 g/mol. The number of aromatic nitrogens is 1. The Bertz CT molecular complexity index is 482. The zero-order valence-corrected chi connectivity index (χ0v) is 10.9. The van der Waals surface area contributed by atoms with Gasteiger partial charge in [-0.25, -0.2) is 0 Å². The van der Waals surface area contributed by atoms with Gasteiger partial charge in [-0.05, 0) is 41.8 Å². The minimum Gasteiger partial charge on any atom is -0.478 e.